The lowest BCUT2D eigenvalue weighted by atomic mass is 9.91. The Bertz CT molecular complexity index is 648. The number of likely N-dealkylation sites (tertiary alicyclic amines) is 1. The molecule has 1 fully saturated rings. The minimum Gasteiger partial charge on any atom is -0.396 e. The molecule has 1 amide bonds. The van der Waals surface area contributed by atoms with Crippen LogP contribution in [-0.2, 0) is 6.54 Å². The predicted molar refractivity (Wildman–Crippen MR) is 92.4 cm³/mol. The van der Waals surface area contributed by atoms with E-state index in [1.54, 1.807) is 24.5 Å². The largest absolute Gasteiger partial charge is 0.396 e. The molecule has 0 spiro atoms. The lowest BCUT2D eigenvalue weighted by Crippen LogP contribution is -2.53. The second-order valence-corrected chi connectivity index (χ2v) is 6.27. The van der Waals surface area contributed by atoms with Gasteiger partial charge < -0.3 is 10.4 Å². The number of carbonyl (C=O) groups excluding carboxylic acids is 1. The summed E-state index contributed by atoms with van der Waals surface area (Å²) in [4.78, 5) is 18.8. The molecular formula is C19H23N3O2. The average molecular weight is 325 g/mol. The molecule has 1 aromatic heterocycles. The van der Waals surface area contributed by atoms with Crippen LogP contribution >= 0.6 is 0 Å². The van der Waals surface area contributed by atoms with Gasteiger partial charge >= 0.3 is 0 Å². The van der Waals surface area contributed by atoms with E-state index in [1.807, 2.05) is 30.3 Å². The Kier molecular flexibility index (Phi) is 5.56. The maximum Gasteiger partial charge on any atom is 0.251 e. The summed E-state index contributed by atoms with van der Waals surface area (Å²) in [5.41, 5.74) is 1.86. The van der Waals surface area contributed by atoms with E-state index in [1.165, 1.54) is 5.56 Å². The maximum absolute atomic E-state index is 12.4. The fraction of sp³-hybridized carbons (Fsp3) is 0.368. The maximum atomic E-state index is 12.4. The Morgan fingerprint density at radius 2 is 1.96 bits per heavy atom. The fourth-order valence-corrected chi connectivity index (χ4v) is 3.18. The van der Waals surface area contributed by atoms with Crippen LogP contribution in [0.15, 0.2) is 54.9 Å². The Morgan fingerprint density at radius 1 is 1.21 bits per heavy atom. The van der Waals surface area contributed by atoms with E-state index in [2.05, 4.69) is 15.2 Å². The predicted octanol–water partition coefficient (Wildman–Crippen LogP) is 1.69. The van der Waals surface area contributed by atoms with Crippen LogP contribution in [0.5, 0.6) is 0 Å². The molecule has 5 nitrogen and oxygen atoms in total. The first-order chi connectivity index (χ1) is 11.8. The average Bonchev–Trinajstić information content (AvgIpc) is 2.63. The summed E-state index contributed by atoms with van der Waals surface area (Å²) in [6.07, 6.45) is 4.47. The van der Waals surface area contributed by atoms with Crippen LogP contribution in [0.2, 0.25) is 0 Å². The van der Waals surface area contributed by atoms with Gasteiger partial charge in [0.1, 0.15) is 0 Å². The van der Waals surface area contributed by atoms with Crippen LogP contribution < -0.4 is 5.32 Å². The van der Waals surface area contributed by atoms with Gasteiger partial charge in [0.15, 0.2) is 0 Å². The van der Waals surface area contributed by atoms with E-state index >= 15 is 0 Å². The molecule has 0 aliphatic carbocycles. The van der Waals surface area contributed by atoms with Crippen molar-refractivity contribution in [3.05, 3.63) is 66.0 Å². The number of piperidine rings is 1. The number of benzene rings is 1. The van der Waals surface area contributed by atoms with Crippen molar-refractivity contribution in [2.75, 3.05) is 19.7 Å². The number of nitrogens with zero attached hydrogens (tertiary/aromatic N) is 2. The van der Waals surface area contributed by atoms with Crippen LogP contribution in [0.1, 0.15) is 22.3 Å². The zero-order valence-corrected chi connectivity index (χ0v) is 13.6. The number of nitrogens with one attached hydrogen (secondary N) is 1. The number of aliphatic hydroxyl groups is 1. The standard InChI is InChI=1S/C19H23N3O2/c23-14-17-8-11-22(12-15-6-9-20-10-7-15)13-18(17)21-19(24)16-4-2-1-3-5-16/h1-7,9-10,17-18,23H,8,11-14H2,(H,21,24). The monoisotopic (exact) mass is 325 g/mol. The van der Waals surface area contributed by atoms with Crippen LogP contribution in [-0.4, -0.2) is 46.6 Å². The van der Waals surface area contributed by atoms with Gasteiger partial charge in [-0.2, -0.15) is 0 Å². The first-order valence-corrected chi connectivity index (χ1v) is 8.34. The van der Waals surface area contributed by atoms with Crippen molar-refractivity contribution in [3.63, 3.8) is 0 Å². The van der Waals surface area contributed by atoms with E-state index in [9.17, 15) is 9.90 Å². The van der Waals surface area contributed by atoms with Crippen molar-refractivity contribution < 1.29 is 9.90 Å². The highest BCUT2D eigenvalue weighted by atomic mass is 16.3. The molecule has 3 rings (SSSR count). The zero-order chi connectivity index (χ0) is 16.8. The van der Waals surface area contributed by atoms with E-state index in [-0.39, 0.29) is 24.5 Å². The van der Waals surface area contributed by atoms with Gasteiger partial charge in [0, 0.05) is 49.6 Å². The second kappa shape index (κ2) is 8.04. The van der Waals surface area contributed by atoms with Gasteiger partial charge in [-0.15, -0.1) is 0 Å². The summed E-state index contributed by atoms with van der Waals surface area (Å²) >= 11 is 0. The SMILES string of the molecule is O=C(NC1CN(Cc2ccncc2)CCC1CO)c1ccccc1. The Balaban J connectivity index is 1.64. The minimum atomic E-state index is -0.0789. The van der Waals surface area contributed by atoms with Crippen molar-refractivity contribution in [2.24, 2.45) is 5.92 Å². The third kappa shape index (κ3) is 4.19. The highest BCUT2D eigenvalue weighted by molar-refractivity contribution is 5.94. The van der Waals surface area contributed by atoms with Crippen molar-refractivity contribution in [2.45, 2.75) is 19.0 Å². The van der Waals surface area contributed by atoms with Gasteiger partial charge in [-0.1, -0.05) is 18.2 Å². The summed E-state index contributed by atoms with van der Waals surface area (Å²) in [5, 5.41) is 12.7. The highest BCUT2D eigenvalue weighted by Gasteiger charge is 2.30. The molecule has 2 unspecified atom stereocenters. The third-order valence-corrected chi connectivity index (χ3v) is 4.58. The smallest absolute Gasteiger partial charge is 0.251 e. The van der Waals surface area contributed by atoms with Crippen molar-refractivity contribution in [1.29, 1.82) is 0 Å². The minimum absolute atomic E-state index is 0.0432. The molecule has 2 heterocycles. The van der Waals surface area contributed by atoms with Crippen molar-refractivity contribution >= 4 is 5.91 Å². The number of hydrogen-bond acceptors (Lipinski definition) is 4. The van der Waals surface area contributed by atoms with E-state index in [4.69, 9.17) is 0 Å². The van der Waals surface area contributed by atoms with Gasteiger partial charge in [0.05, 0.1) is 0 Å². The highest BCUT2D eigenvalue weighted by Crippen LogP contribution is 2.19. The van der Waals surface area contributed by atoms with Crippen LogP contribution in [0, 0.1) is 5.92 Å². The van der Waals surface area contributed by atoms with Gasteiger partial charge in [-0.3, -0.25) is 14.7 Å². The molecule has 5 heteroatoms. The number of amides is 1. The number of aromatic nitrogens is 1. The molecule has 2 N–H and O–H groups in total. The molecule has 1 saturated heterocycles. The van der Waals surface area contributed by atoms with Crippen LogP contribution in [0.3, 0.4) is 0 Å². The Hall–Kier alpha value is -2.24. The first-order valence-electron chi connectivity index (χ1n) is 8.34. The molecule has 2 atom stereocenters. The molecule has 126 valence electrons. The van der Waals surface area contributed by atoms with Crippen LogP contribution in [0.25, 0.3) is 0 Å². The molecule has 1 aliphatic heterocycles. The van der Waals surface area contributed by atoms with Gasteiger partial charge in [0.2, 0.25) is 0 Å². The van der Waals surface area contributed by atoms with Gasteiger partial charge in [-0.25, -0.2) is 0 Å². The molecule has 0 saturated carbocycles. The third-order valence-electron chi connectivity index (χ3n) is 4.58. The topological polar surface area (TPSA) is 65.5 Å². The summed E-state index contributed by atoms with van der Waals surface area (Å²) in [6, 6.07) is 13.2. The number of hydrogen-bond donors (Lipinski definition) is 2. The summed E-state index contributed by atoms with van der Waals surface area (Å²) in [7, 11) is 0. The lowest BCUT2D eigenvalue weighted by molar-refractivity contribution is 0.0730. The molecule has 1 aromatic carbocycles. The number of aliphatic hydroxyl groups excluding tert-OH is 1. The van der Waals surface area contributed by atoms with E-state index < -0.39 is 0 Å². The quantitative estimate of drug-likeness (QED) is 0.878. The number of pyridine rings is 1. The number of carbonyl (C=O) groups is 1. The molecule has 0 radical (unpaired) electrons. The second-order valence-electron chi connectivity index (χ2n) is 6.27. The molecule has 1 aliphatic rings. The van der Waals surface area contributed by atoms with Crippen molar-refractivity contribution in [1.82, 2.24) is 15.2 Å². The summed E-state index contributed by atoms with van der Waals surface area (Å²) in [5.74, 6) is 0.0242. The zero-order valence-electron chi connectivity index (χ0n) is 13.6. The molecule has 2 aromatic rings. The summed E-state index contributed by atoms with van der Waals surface area (Å²) < 4.78 is 0. The molecule has 24 heavy (non-hydrogen) atoms. The normalized spacial score (nSPS) is 21.4. The van der Waals surface area contributed by atoms with Crippen molar-refractivity contribution in [3.8, 4) is 0 Å². The van der Waals surface area contributed by atoms with E-state index in [0.29, 0.717) is 5.56 Å². The van der Waals surface area contributed by atoms with Gasteiger partial charge in [-0.05, 0) is 42.8 Å². The van der Waals surface area contributed by atoms with Crippen LogP contribution in [0.4, 0.5) is 0 Å². The first kappa shape index (κ1) is 16.6. The number of rotatable bonds is 5. The lowest BCUT2D eigenvalue weighted by Gasteiger charge is -2.38. The summed E-state index contributed by atoms with van der Waals surface area (Å²) in [6.45, 7) is 2.60. The van der Waals surface area contributed by atoms with Gasteiger partial charge in [0.25, 0.3) is 5.91 Å². The Morgan fingerprint density at radius 3 is 2.67 bits per heavy atom. The molecular weight excluding hydrogens is 302 g/mol. The Labute approximate surface area is 142 Å². The fourth-order valence-electron chi connectivity index (χ4n) is 3.18. The molecule has 0 bridgehead atoms. The van der Waals surface area contributed by atoms with E-state index in [0.717, 1.165) is 26.1 Å².